The Morgan fingerprint density at radius 3 is 2.74 bits per heavy atom. The van der Waals surface area contributed by atoms with Crippen LogP contribution in [0.5, 0.6) is 0 Å². The molecule has 4 heterocycles. The van der Waals surface area contributed by atoms with Crippen molar-refractivity contribution in [2.45, 2.75) is 38.1 Å². The lowest BCUT2D eigenvalue weighted by molar-refractivity contribution is 0.0671. The maximum absolute atomic E-state index is 14.2. The van der Waals surface area contributed by atoms with E-state index in [0.717, 1.165) is 23.0 Å². The van der Waals surface area contributed by atoms with Crippen LogP contribution in [0.1, 0.15) is 54.5 Å². The highest BCUT2D eigenvalue weighted by Gasteiger charge is 2.44. The number of benzene rings is 1. The molecule has 2 aliphatic heterocycles. The van der Waals surface area contributed by atoms with Crippen molar-refractivity contribution in [3.05, 3.63) is 70.6 Å². The van der Waals surface area contributed by atoms with Gasteiger partial charge in [0.05, 0.1) is 28.7 Å². The molecule has 1 spiro atoms. The van der Waals surface area contributed by atoms with E-state index < -0.39 is 5.82 Å². The van der Waals surface area contributed by atoms with Crippen LogP contribution in [0.4, 0.5) is 10.1 Å². The molecular weight excluding hydrogens is 417 g/mol. The highest BCUT2D eigenvalue weighted by atomic mass is 35.5. The summed E-state index contributed by atoms with van der Waals surface area (Å²) in [6.07, 6.45) is 5.07. The first-order chi connectivity index (χ1) is 14.9. The van der Waals surface area contributed by atoms with Gasteiger partial charge in [-0.2, -0.15) is 0 Å². The van der Waals surface area contributed by atoms with Gasteiger partial charge in [0.1, 0.15) is 11.6 Å². The summed E-state index contributed by atoms with van der Waals surface area (Å²) in [5, 5.41) is 4.03. The molecule has 2 aromatic heterocycles. The largest absolute Gasteiger partial charge is 0.371 e. The maximum Gasteiger partial charge on any atom is 0.256 e. The zero-order valence-corrected chi connectivity index (χ0v) is 18.2. The number of fused-ring (bicyclic) bond motifs is 4. The number of rotatable bonds is 2. The van der Waals surface area contributed by atoms with E-state index in [0.29, 0.717) is 31.0 Å². The third-order valence-electron chi connectivity index (χ3n) is 6.23. The molecule has 31 heavy (non-hydrogen) atoms. The van der Waals surface area contributed by atoms with E-state index in [4.69, 9.17) is 16.6 Å². The number of likely N-dealkylation sites (tertiary alicyclic amines) is 1. The summed E-state index contributed by atoms with van der Waals surface area (Å²) in [6.45, 7) is 5.23. The van der Waals surface area contributed by atoms with Gasteiger partial charge in [0.25, 0.3) is 5.91 Å². The molecule has 5 rings (SSSR count). The minimum absolute atomic E-state index is 0.0155. The van der Waals surface area contributed by atoms with Gasteiger partial charge in [0, 0.05) is 30.2 Å². The zero-order valence-electron chi connectivity index (χ0n) is 17.4. The molecule has 0 atom stereocenters. The van der Waals surface area contributed by atoms with E-state index >= 15 is 0 Å². The average molecular weight is 440 g/mol. The topological polar surface area (TPSA) is 63.1 Å². The summed E-state index contributed by atoms with van der Waals surface area (Å²) >= 11 is 5.99. The van der Waals surface area contributed by atoms with Crippen LogP contribution in [0.3, 0.4) is 0 Å². The highest BCUT2D eigenvalue weighted by Crippen LogP contribution is 2.44. The van der Waals surface area contributed by atoms with Crippen molar-refractivity contribution in [1.29, 1.82) is 0 Å². The number of carbonyl (C=O) groups is 1. The molecule has 2 aliphatic rings. The average Bonchev–Trinajstić information content (AvgIpc) is 3.23. The van der Waals surface area contributed by atoms with Gasteiger partial charge in [-0.1, -0.05) is 25.4 Å². The molecule has 1 N–H and O–H groups in total. The Labute approximate surface area is 185 Å². The molecule has 1 aromatic carbocycles. The van der Waals surface area contributed by atoms with Gasteiger partial charge in [-0.3, -0.25) is 9.36 Å². The summed E-state index contributed by atoms with van der Waals surface area (Å²) in [5.41, 5.74) is 1.67. The van der Waals surface area contributed by atoms with Gasteiger partial charge >= 0.3 is 0 Å². The Kier molecular flexibility index (Phi) is 4.73. The number of imidazole rings is 1. The number of amides is 1. The van der Waals surface area contributed by atoms with Crippen molar-refractivity contribution >= 4 is 23.2 Å². The van der Waals surface area contributed by atoms with E-state index in [1.807, 2.05) is 18.3 Å². The van der Waals surface area contributed by atoms with E-state index in [-0.39, 0.29) is 22.9 Å². The van der Waals surface area contributed by atoms with E-state index in [9.17, 15) is 9.18 Å². The fourth-order valence-corrected chi connectivity index (χ4v) is 4.80. The third kappa shape index (κ3) is 3.19. The highest BCUT2D eigenvalue weighted by molar-refractivity contribution is 6.31. The fraction of sp³-hybridized carbons (Fsp3) is 0.348. The van der Waals surface area contributed by atoms with Gasteiger partial charge in [-0.15, -0.1) is 0 Å². The third-order valence-corrected chi connectivity index (χ3v) is 6.47. The second kappa shape index (κ2) is 7.34. The number of nitrogens with zero attached hydrogens (tertiary/aromatic N) is 4. The summed E-state index contributed by atoms with van der Waals surface area (Å²) in [6, 6.07) is 8.02. The molecule has 0 aliphatic carbocycles. The molecule has 0 radical (unpaired) electrons. The van der Waals surface area contributed by atoms with Crippen LogP contribution in [0.15, 0.2) is 42.7 Å². The molecule has 0 unspecified atom stereocenters. The number of aromatic nitrogens is 3. The maximum atomic E-state index is 14.2. The van der Waals surface area contributed by atoms with Crippen LogP contribution < -0.4 is 5.32 Å². The Morgan fingerprint density at radius 1 is 1.23 bits per heavy atom. The van der Waals surface area contributed by atoms with Gasteiger partial charge in [-0.05, 0) is 43.2 Å². The summed E-state index contributed by atoms with van der Waals surface area (Å²) in [4.78, 5) is 24.0. The van der Waals surface area contributed by atoms with Crippen molar-refractivity contribution in [2.24, 2.45) is 0 Å². The predicted molar refractivity (Wildman–Crippen MR) is 117 cm³/mol. The van der Waals surface area contributed by atoms with Crippen molar-refractivity contribution in [3.8, 4) is 5.82 Å². The second-order valence-corrected chi connectivity index (χ2v) is 8.93. The number of anilines is 1. The summed E-state index contributed by atoms with van der Waals surface area (Å²) in [5.74, 6) is 1.18. The molecule has 3 aromatic rings. The van der Waals surface area contributed by atoms with E-state index in [2.05, 4.69) is 28.7 Å². The van der Waals surface area contributed by atoms with Crippen LogP contribution in [0.25, 0.3) is 5.82 Å². The predicted octanol–water partition coefficient (Wildman–Crippen LogP) is 4.74. The first-order valence-corrected chi connectivity index (χ1v) is 10.8. The Hall–Kier alpha value is -2.93. The number of piperidine rings is 1. The van der Waals surface area contributed by atoms with Crippen molar-refractivity contribution in [1.82, 2.24) is 19.4 Å². The van der Waals surface area contributed by atoms with Crippen LogP contribution in [-0.2, 0) is 5.54 Å². The normalized spacial score (nSPS) is 16.7. The van der Waals surface area contributed by atoms with Gasteiger partial charge in [0.15, 0.2) is 5.82 Å². The van der Waals surface area contributed by atoms with Crippen molar-refractivity contribution in [2.75, 3.05) is 18.4 Å². The molecule has 0 saturated carbocycles. The van der Waals surface area contributed by atoms with Crippen LogP contribution in [0.2, 0.25) is 5.02 Å². The lowest BCUT2D eigenvalue weighted by Gasteiger charge is -2.45. The molecule has 0 bridgehead atoms. The lowest BCUT2D eigenvalue weighted by atomic mass is 9.82. The Bertz CT molecular complexity index is 1170. The molecule has 8 heteroatoms. The molecule has 1 amide bonds. The molecular formula is C23H23ClFN5O. The zero-order chi connectivity index (χ0) is 21.8. The van der Waals surface area contributed by atoms with Crippen molar-refractivity contribution < 1.29 is 9.18 Å². The van der Waals surface area contributed by atoms with Crippen molar-refractivity contribution in [3.63, 3.8) is 0 Å². The Morgan fingerprint density at radius 2 is 2.00 bits per heavy atom. The fourth-order valence-electron chi connectivity index (χ4n) is 4.63. The molecule has 1 fully saturated rings. The van der Waals surface area contributed by atoms with Crippen LogP contribution in [0, 0.1) is 5.82 Å². The summed E-state index contributed by atoms with van der Waals surface area (Å²) < 4.78 is 16.4. The quantitative estimate of drug-likeness (QED) is 0.626. The number of carbonyl (C=O) groups excluding carboxylic acids is 1. The first kappa shape index (κ1) is 20.0. The standard InChI is InChI=1S/C23H23ClFN5O/c1-14(2)20-27-13-19-23(28-18-4-3-9-26-21(18)30(19)20)7-10-29(11-8-23)22(31)16-12-15(24)5-6-17(16)25/h3-6,9,12-14,28H,7-8,10-11H2,1-2H3. The van der Waals surface area contributed by atoms with Crippen LogP contribution in [-0.4, -0.2) is 38.4 Å². The smallest absolute Gasteiger partial charge is 0.256 e. The SMILES string of the molecule is CC(C)c1ncc2n1-c1ncccc1NC21CCN(C(=O)c2cc(Cl)ccc2F)CC1. The summed E-state index contributed by atoms with van der Waals surface area (Å²) in [7, 11) is 0. The minimum atomic E-state index is -0.551. The molecule has 160 valence electrons. The van der Waals surface area contributed by atoms with E-state index in [1.54, 1.807) is 11.1 Å². The second-order valence-electron chi connectivity index (χ2n) is 8.49. The monoisotopic (exact) mass is 439 g/mol. The van der Waals surface area contributed by atoms with Gasteiger partial charge in [-0.25, -0.2) is 14.4 Å². The number of halogens is 2. The number of nitrogens with one attached hydrogen (secondary N) is 1. The molecule has 1 saturated heterocycles. The minimum Gasteiger partial charge on any atom is -0.371 e. The van der Waals surface area contributed by atoms with E-state index in [1.165, 1.54) is 18.2 Å². The molecule has 6 nitrogen and oxygen atoms in total. The van der Waals surface area contributed by atoms with Gasteiger partial charge in [0.2, 0.25) is 0 Å². The first-order valence-electron chi connectivity index (χ1n) is 10.5. The number of pyridine rings is 1. The van der Waals surface area contributed by atoms with Gasteiger partial charge < -0.3 is 10.2 Å². The van der Waals surface area contributed by atoms with Crippen LogP contribution >= 0.6 is 11.6 Å². The number of hydrogen-bond acceptors (Lipinski definition) is 4. The lowest BCUT2D eigenvalue weighted by Crippen LogP contribution is -2.51. The Balaban J connectivity index is 1.47. The number of hydrogen-bond donors (Lipinski definition) is 1.